The Labute approximate surface area is 178 Å². The van der Waals surface area contributed by atoms with Gasteiger partial charge in [0.2, 0.25) is 6.17 Å². The van der Waals surface area contributed by atoms with Crippen LogP contribution in [0.25, 0.3) is 0 Å². The van der Waals surface area contributed by atoms with E-state index in [4.69, 9.17) is 0 Å². The van der Waals surface area contributed by atoms with Gasteiger partial charge in [-0.2, -0.15) is 0 Å². The van der Waals surface area contributed by atoms with E-state index < -0.39 is 23.8 Å². The molecule has 7 heteroatoms. The summed E-state index contributed by atoms with van der Waals surface area (Å²) in [5.41, 5.74) is 4.44. The van der Waals surface area contributed by atoms with Gasteiger partial charge in [-0.3, -0.25) is 9.59 Å². The van der Waals surface area contributed by atoms with Crippen LogP contribution < -0.4 is 10.2 Å². The number of aromatic nitrogens is 1. The van der Waals surface area contributed by atoms with Crippen molar-refractivity contribution in [2.75, 3.05) is 11.9 Å². The molecule has 2 heterocycles. The SMILES string of the molecule is CN1C(=O)C(NC(=O)c2cc3c([nH]2)CCC3)N=C(c2ccccc2F)c2ccccc21. The Hall–Kier alpha value is -3.74. The van der Waals surface area contributed by atoms with Crippen LogP contribution in [0, 0.1) is 5.82 Å². The maximum atomic E-state index is 14.7. The Morgan fingerprint density at radius 3 is 2.65 bits per heavy atom. The van der Waals surface area contributed by atoms with Gasteiger partial charge in [-0.15, -0.1) is 0 Å². The number of likely N-dealkylation sites (N-methyl/N-ethyl adjacent to an activating group) is 1. The molecule has 2 aromatic carbocycles. The number of aromatic amines is 1. The number of aryl methyl sites for hydroxylation is 2. The highest BCUT2D eigenvalue weighted by Crippen LogP contribution is 2.28. The van der Waals surface area contributed by atoms with E-state index in [1.807, 2.05) is 12.1 Å². The lowest BCUT2D eigenvalue weighted by Crippen LogP contribution is -2.46. The predicted molar refractivity (Wildman–Crippen MR) is 116 cm³/mol. The molecule has 2 aliphatic rings. The van der Waals surface area contributed by atoms with Gasteiger partial charge < -0.3 is 15.2 Å². The minimum Gasteiger partial charge on any atom is -0.354 e. The van der Waals surface area contributed by atoms with Crippen molar-refractivity contribution in [3.63, 3.8) is 0 Å². The van der Waals surface area contributed by atoms with Gasteiger partial charge in [0.05, 0.1) is 11.4 Å². The van der Waals surface area contributed by atoms with Gasteiger partial charge in [0.25, 0.3) is 11.8 Å². The number of H-pyrrole nitrogens is 1. The van der Waals surface area contributed by atoms with E-state index in [9.17, 15) is 14.0 Å². The molecule has 0 spiro atoms. The van der Waals surface area contributed by atoms with Gasteiger partial charge >= 0.3 is 0 Å². The molecule has 31 heavy (non-hydrogen) atoms. The average molecular weight is 416 g/mol. The lowest BCUT2D eigenvalue weighted by atomic mass is 10.00. The Morgan fingerprint density at radius 1 is 1.13 bits per heavy atom. The molecule has 0 saturated heterocycles. The number of fused-ring (bicyclic) bond motifs is 2. The number of benzodiazepines with no additional fused rings is 1. The number of benzene rings is 2. The first-order chi connectivity index (χ1) is 15.0. The second kappa shape index (κ2) is 7.50. The summed E-state index contributed by atoms with van der Waals surface area (Å²) in [5, 5.41) is 2.73. The van der Waals surface area contributed by atoms with Crippen molar-refractivity contribution < 1.29 is 14.0 Å². The topological polar surface area (TPSA) is 77.6 Å². The van der Waals surface area contributed by atoms with Crippen LogP contribution in [0.1, 0.15) is 39.3 Å². The van der Waals surface area contributed by atoms with E-state index in [1.165, 1.54) is 11.0 Å². The van der Waals surface area contributed by atoms with Crippen LogP contribution in [0.5, 0.6) is 0 Å². The molecule has 1 unspecified atom stereocenters. The molecule has 6 nitrogen and oxygen atoms in total. The van der Waals surface area contributed by atoms with Crippen molar-refractivity contribution >= 4 is 23.2 Å². The molecule has 1 aliphatic carbocycles. The standard InChI is InChI=1S/C24H21FN4O2/c1-29-20-12-5-3-9-16(20)21(15-8-2-4-10-17(15)25)27-22(24(29)31)28-23(30)19-13-14-7-6-11-18(14)26-19/h2-5,8-10,12-13,22,26H,6-7,11H2,1H3,(H,28,30). The minimum absolute atomic E-state index is 0.274. The fourth-order valence-electron chi connectivity index (χ4n) is 4.25. The number of hydrogen-bond acceptors (Lipinski definition) is 3. The van der Waals surface area contributed by atoms with Crippen molar-refractivity contribution in [2.24, 2.45) is 4.99 Å². The van der Waals surface area contributed by atoms with E-state index in [1.54, 1.807) is 43.4 Å². The molecule has 2 amide bonds. The Morgan fingerprint density at radius 2 is 1.87 bits per heavy atom. The minimum atomic E-state index is -1.18. The first-order valence-electron chi connectivity index (χ1n) is 10.2. The van der Waals surface area contributed by atoms with Crippen molar-refractivity contribution in [1.29, 1.82) is 0 Å². The number of anilines is 1. The summed E-state index contributed by atoms with van der Waals surface area (Å²) in [4.78, 5) is 35.2. The second-order valence-electron chi connectivity index (χ2n) is 7.79. The fourth-order valence-corrected chi connectivity index (χ4v) is 4.25. The Bertz CT molecular complexity index is 1210. The first kappa shape index (κ1) is 19.2. The molecule has 1 aromatic heterocycles. The summed E-state index contributed by atoms with van der Waals surface area (Å²) in [6.45, 7) is 0. The summed E-state index contributed by atoms with van der Waals surface area (Å²) in [5.74, 6) is -1.26. The van der Waals surface area contributed by atoms with E-state index in [0.717, 1.165) is 30.5 Å². The second-order valence-corrected chi connectivity index (χ2v) is 7.79. The maximum absolute atomic E-state index is 14.7. The molecule has 156 valence electrons. The number of amides is 2. The third-order valence-corrected chi connectivity index (χ3v) is 5.85. The maximum Gasteiger partial charge on any atom is 0.272 e. The molecule has 1 aliphatic heterocycles. The van der Waals surface area contributed by atoms with Gasteiger partial charge in [-0.05, 0) is 49.1 Å². The number of aliphatic imine (C=N–C) groups is 1. The van der Waals surface area contributed by atoms with E-state index in [0.29, 0.717) is 22.7 Å². The largest absolute Gasteiger partial charge is 0.354 e. The highest BCUT2D eigenvalue weighted by Gasteiger charge is 2.32. The van der Waals surface area contributed by atoms with Gasteiger partial charge in [-0.1, -0.05) is 30.3 Å². The number of nitrogens with one attached hydrogen (secondary N) is 2. The lowest BCUT2D eigenvalue weighted by molar-refractivity contribution is -0.119. The number of carbonyl (C=O) groups is 2. The number of hydrogen-bond donors (Lipinski definition) is 2. The molecule has 0 fully saturated rings. The van der Waals surface area contributed by atoms with E-state index >= 15 is 0 Å². The zero-order valence-electron chi connectivity index (χ0n) is 17.0. The Kier molecular flexibility index (Phi) is 4.66. The first-order valence-corrected chi connectivity index (χ1v) is 10.2. The quantitative estimate of drug-likeness (QED) is 0.688. The smallest absolute Gasteiger partial charge is 0.272 e. The average Bonchev–Trinajstić information content (AvgIpc) is 3.36. The van der Waals surface area contributed by atoms with Gasteiger partial charge in [0.1, 0.15) is 11.5 Å². The molecule has 2 N–H and O–H groups in total. The number of nitrogens with zero attached hydrogens (tertiary/aromatic N) is 2. The van der Waals surface area contributed by atoms with Crippen molar-refractivity contribution in [2.45, 2.75) is 25.4 Å². The van der Waals surface area contributed by atoms with Gasteiger partial charge in [0, 0.05) is 23.9 Å². The number of halogens is 1. The molecule has 5 rings (SSSR count). The lowest BCUT2D eigenvalue weighted by Gasteiger charge is -2.20. The van der Waals surface area contributed by atoms with Crippen LogP contribution in [0.3, 0.4) is 0 Å². The number of carbonyl (C=O) groups excluding carboxylic acids is 2. The van der Waals surface area contributed by atoms with Crippen molar-refractivity contribution in [1.82, 2.24) is 10.3 Å². The molecule has 0 saturated carbocycles. The van der Waals surface area contributed by atoms with Crippen molar-refractivity contribution in [3.8, 4) is 0 Å². The highest BCUT2D eigenvalue weighted by molar-refractivity contribution is 6.20. The van der Waals surface area contributed by atoms with Gasteiger partial charge in [0.15, 0.2) is 0 Å². The fraction of sp³-hybridized carbons (Fsp3) is 0.208. The molecule has 0 radical (unpaired) electrons. The highest BCUT2D eigenvalue weighted by atomic mass is 19.1. The third kappa shape index (κ3) is 3.32. The van der Waals surface area contributed by atoms with E-state index in [2.05, 4.69) is 15.3 Å². The van der Waals surface area contributed by atoms with Crippen molar-refractivity contribution in [3.05, 3.63) is 88.5 Å². The summed E-state index contributed by atoms with van der Waals surface area (Å²) >= 11 is 0. The van der Waals surface area contributed by atoms with Gasteiger partial charge in [-0.25, -0.2) is 9.38 Å². The molecular weight excluding hydrogens is 395 g/mol. The van der Waals surface area contributed by atoms with Crippen LogP contribution in [0.2, 0.25) is 0 Å². The Balaban J connectivity index is 1.56. The van der Waals surface area contributed by atoms with Crippen LogP contribution in [-0.2, 0) is 17.6 Å². The van der Waals surface area contributed by atoms with Crippen LogP contribution in [0.4, 0.5) is 10.1 Å². The number of para-hydroxylation sites is 1. The predicted octanol–water partition coefficient (Wildman–Crippen LogP) is 3.21. The number of rotatable bonds is 3. The summed E-state index contributed by atoms with van der Waals surface area (Å²) in [6.07, 6.45) is 1.75. The summed E-state index contributed by atoms with van der Waals surface area (Å²) in [7, 11) is 1.63. The zero-order valence-corrected chi connectivity index (χ0v) is 17.0. The summed E-state index contributed by atoms with van der Waals surface area (Å²) < 4.78 is 14.7. The zero-order chi connectivity index (χ0) is 21.5. The summed E-state index contributed by atoms with van der Waals surface area (Å²) in [6, 6.07) is 15.3. The van der Waals surface area contributed by atoms with E-state index in [-0.39, 0.29) is 5.56 Å². The van der Waals surface area contributed by atoms with Crippen LogP contribution in [-0.4, -0.2) is 35.7 Å². The van der Waals surface area contributed by atoms with Crippen LogP contribution in [0.15, 0.2) is 59.6 Å². The molecule has 0 bridgehead atoms. The molecule has 3 aromatic rings. The third-order valence-electron chi connectivity index (χ3n) is 5.85. The molecule has 1 atom stereocenters. The monoisotopic (exact) mass is 416 g/mol. The van der Waals surface area contributed by atoms with Crippen LogP contribution >= 0.6 is 0 Å². The normalized spacial score (nSPS) is 17.6. The molecular formula is C24H21FN4O2.